The van der Waals surface area contributed by atoms with Crippen LogP contribution >= 0.6 is 15.9 Å². The van der Waals surface area contributed by atoms with Crippen LogP contribution in [0, 0.1) is 13.8 Å². The number of aromatic amines is 1. The van der Waals surface area contributed by atoms with Gasteiger partial charge in [-0.05, 0) is 86.0 Å². The number of esters is 1. The topological polar surface area (TPSA) is 92.8 Å². The minimum Gasteiger partial charge on any atom is -0.490 e. The molecule has 0 aliphatic carbocycles. The van der Waals surface area contributed by atoms with Gasteiger partial charge in [-0.2, -0.15) is 5.10 Å². The number of hydrogen-bond acceptors (Lipinski definition) is 5. The number of nitrogens with zero attached hydrogens (tertiary/aromatic N) is 1. The monoisotopic (exact) mass is 609 g/mol. The highest BCUT2D eigenvalue weighted by molar-refractivity contribution is 9.10. The van der Waals surface area contributed by atoms with Crippen LogP contribution in [0.4, 0.5) is 0 Å². The molecular formula is C33H28BrN3O4. The van der Waals surface area contributed by atoms with Crippen LogP contribution in [0.25, 0.3) is 22.0 Å². The van der Waals surface area contributed by atoms with E-state index in [9.17, 15) is 9.59 Å². The summed E-state index contributed by atoms with van der Waals surface area (Å²) < 4.78 is 12.2. The fourth-order valence-corrected chi connectivity index (χ4v) is 4.92. The zero-order valence-corrected chi connectivity index (χ0v) is 24.4. The highest BCUT2D eigenvalue weighted by Gasteiger charge is 2.20. The Kier molecular flexibility index (Phi) is 8.31. The zero-order chi connectivity index (χ0) is 28.9. The summed E-state index contributed by atoms with van der Waals surface area (Å²) in [6.07, 6.45) is 1.51. The van der Waals surface area contributed by atoms with Crippen molar-refractivity contribution in [1.82, 2.24) is 10.4 Å². The smallest absolute Gasteiger partial charge is 0.343 e. The molecule has 4 aromatic carbocycles. The highest BCUT2D eigenvalue weighted by atomic mass is 79.9. The van der Waals surface area contributed by atoms with E-state index in [-0.39, 0.29) is 11.7 Å². The van der Waals surface area contributed by atoms with Crippen LogP contribution in [0.5, 0.6) is 11.5 Å². The Morgan fingerprint density at radius 3 is 2.44 bits per heavy atom. The lowest BCUT2D eigenvalue weighted by molar-refractivity contribution is 0.0728. The second-order valence-electron chi connectivity index (χ2n) is 9.48. The summed E-state index contributed by atoms with van der Waals surface area (Å²) in [5.74, 6) is -0.179. The van der Waals surface area contributed by atoms with Crippen LogP contribution in [0.15, 0.2) is 94.5 Å². The second-order valence-corrected chi connectivity index (χ2v) is 10.4. The molecule has 2 N–H and O–H groups in total. The van der Waals surface area contributed by atoms with Gasteiger partial charge in [-0.1, -0.05) is 57.9 Å². The van der Waals surface area contributed by atoms with Crippen molar-refractivity contribution in [3.8, 4) is 22.6 Å². The Morgan fingerprint density at radius 2 is 1.71 bits per heavy atom. The molecule has 0 bridgehead atoms. The average molecular weight is 611 g/mol. The number of hydrazone groups is 1. The first-order valence-electron chi connectivity index (χ1n) is 13.1. The molecule has 0 fully saturated rings. The maximum Gasteiger partial charge on any atom is 0.343 e. The van der Waals surface area contributed by atoms with Crippen molar-refractivity contribution in [2.45, 2.75) is 20.8 Å². The summed E-state index contributed by atoms with van der Waals surface area (Å²) in [6, 6.07) is 26.0. The number of benzene rings is 4. The Hall–Kier alpha value is -4.69. The summed E-state index contributed by atoms with van der Waals surface area (Å²) in [5, 5.41) is 5.18. The normalized spacial score (nSPS) is 11.1. The molecule has 41 heavy (non-hydrogen) atoms. The lowest BCUT2D eigenvalue weighted by atomic mass is 9.99. The van der Waals surface area contributed by atoms with Crippen LogP contribution in [0.3, 0.4) is 0 Å². The minimum absolute atomic E-state index is 0.289. The quantitative estimate of drug-likeness (QED) is 0.0820. The van der Waals surface area contributed by atoms with E-state index >= 15 is 0 Å². The van der Waals surface area contributed by atoms with E-state index in [4.69, 9.17) is 9.47 Å². The van der Waals surface area contributed by atoms with Gasteiger partial charge in [0.1, 0.15) is 5.69 Å². The van der Waals surface area contributed by atoms with Crippen LogP contribution < -0.4 is 14.9 Å². The number of fused-ring (bicyclic) bond motifs is 1. The van der Waals surface area contributed by atoms with Crippen molar-refractivity contribution in [2.75, 3.05) is 6.61 Å². The molecule has 0 aliphatic rings. The van der Waals surface area contributed by atoms with E-state index in [0.29, 0.717) is 29.2 Å². The van der Waals surface area contributed by atoms with Gasteiger partial charge in [-0.3, -0.25) is 4.79 Å². The van der Waals surface area contributed by atoms with E-state index in [1.807, 2.05) is 51.1 Å². The summed E-state index contributed by atoms with van der Waals surface area (Å²) in [5.41, 5.74) is 9.01. The number of rotatable bonds is 8. The summed E-state index contributed by atoms with van der Waals surface area (Å²) in [7, 11) is 0. The maximum atomic E-state index is 13.4. The molecule has 7 nitrogen and oxygen atoms in total. The van der Waals surface area contributed by atoms with E-state index in [1.54, 1.807) is 42.5 Å². The number of amides is 1. The van der Waals surface area contributed by atoms with Gasteiger partial charge < -0.3 is 14.5 Å². The minimum atomic E-state index is -0.495. The maximum absolute atomic E-state index is 13.4. The molecule has 5 aromatic rings. The molecule has 0 unspecified atom stereocenters. The van der Waals surface area contributed by atoms with Crippen LogP contribution in [-0.2, 0) is 0 Å². The molecule has 0 radical (unpaired) electrons. The number of halogens is 1. The van der Waals surface area contributed by atoms with Gasteiger partial charge in [0.05, 0.1) is 18.4 Å². The molecule has 1 amide bonds. The van der Waals surface area contributed by atoms with Gasteiger partial charge in [0.25, 0.3) is 5.91 Å². The summed E-state index contributed by atoms with van der Waals surface area (Å²) in [6.45, 7) is 6.29. The second kappa shape index (κ2) is 12.2. The molecule has 1 heterocycles. The van der Waals surface area contributed by atoms with Gasteiger partial charge >= 0.3 is 5.97 Å². The first kappa shape index (κ1) is 27.9. The van der Waals surface area contributed by atoms with Crippen molar-refractivity contribution in [1.29, 1.82) is 0 Å². The SMILES string of the molecule is CCOc1cc(C=NNC(=O)c2[nH]c3c(C)cc(C)cc3c2-c2ccccc2)ccc1OC(=O)c1ccc(Br)cc1. The van der Waals surface area contributed by atoms with Crippen molar-refractivity contribution >= 4 is 44.9 Å². The van der Waals surface area contributed by atoms with Gasteiger partial charge in [0.15, 0.2) is 11.5 Å². The van der Waals surface area contributed by atoms with Crippen molar-refractivity contribution in [2.24, 2.45) is 5.10 Å². The molecule has 8 heteroatoms. The number of aryl methyl sites for hydroxylation is 2. The van der Waals surface area contributed by atoms with E-state index in [1.165, 1.54) is 6.21 Å². The van der Waals surface area contributed by atoms with Gasteiger partial charge in [-0.25, -0.2) is 10.2 Å². The third-order valence-electron chi connectivity index (χ3n) is 6.47. The van der Waals surface area contributed by atoms with Crippen LogP contribution in [0.2, 0.25) is 0 Å². The highest BCUT2D eigenvalue weighted by Crippen LogP contribution is 2.35. The van der Waals surface area contributed by atoms with Crippen LogP contribution in [-0.4, -0.2) is 29.7 Å². The third kappa shape index (κ3) is 6.23. The molecular weight excluding hydrogens is 582 g/mol. The number of aromatic nitrogens is 1. The predicted octanol–water partition coefficient (Wildman–Crippen LogP) is 7.60. The Morgan fingerprint density at radius 1 is 0.951 bits per heavy atom. The van der Waals surface area contributed by atoms with Gasteiger partial charge in [-0.15, -0.1) is 0 Å². The number of hydrogen-bond donors (Lipinski definition) is 2. The average Bonchev–Trinajstić information content (AvgIpc) is 3.35. The summed E-state index contributed by atoms with van der Waals surface area (Å²) in [4.78, 5) is 29.3. The molecule has 0 saturated carbocycles. The Balaban J connectivity index is 1.37. The Bertz CT molecular complexity index is 1760. The summed E-state index contributed by atoms with van der Waals surface area (Å²) >= 11 is 3.36. The number of nitrogens with one attached hydrogen (secondary N) is 2. The lowest BCUT2D eigenvalue weighted by Crippen LogP contribution is -2.19. The molecule has 5 rings (SSSR count). The fourth-order valence-electron chi connectivity index (χ4n) is 4.65. The molecule has 0 aliphatic heterocycles. The van der Waals surface area contributed by atoms with Crippen molar-refractivity contribution < 1.29 is 19.1 Å². The fraction of sp³-hybridized carbons (Fsp3) is 0.121. The number of carbonyl (C=O) groups excluding carboxylic acids is 2. The van der Waals surface area contributed by atoms with Crippen LogP contribution in [0.1, 0.15) is 44.5 Å². The number of H-pyrrole nitrogens is 1. The number of carbonyl (C=O) groups is 2. The van der Waals surface area contributed by atoms with Gasteiger partial charge in [0.2, 0.25) is 0 Å². The first-order chi connectivity index (χ1) is 19.8. The molecule has 0 saturated heterocycles. The molecule has 1 aromatic heterocycles. The van der Waals surface area contributed by atoms with Gasteiger partial charge in [0, 0.05) is 20.9 Å². The van der Waals surface area contributed by atoms with E-state index in [2.05, 4.69) is 43.6 Å². The molecule has 206 valence electrons. The van der Waals surface area contributed by atoms with Crippen molar-refractivity contribution in [3.63, 3.8) is 0 Å². The predicted molar refractivity (Wildman–Crippen MR) is 165 cm³/mol. The first-order valence-corrected chi connectivity index (χ1v) is 13.9. The van der Waals surface area contributed by atoms with E-state index in [0.717, 1.165) is 37.6 Å². The number of ether oxygens (including phenoxy) is 2. The lowest BCUT2D eigenvalue weighted by Gasteiger charge is -2.11. The third-order valence-corrected chi connectivity index (χ3v) is 7.00. The molecule has 0 spiro atoms. The zero-order valence-electron chi connectivity index (χ0n) is 22.8. The standard InChI is InChI=1S/C33H28BrN3O4/c1-4-40-28-18-22(10-15-27(28)41-33(39)24-11-13-25(34)14-12-24)19-35-37-32(38)31-29(23-8-6-5-7-9-23)26-17-20(2)16-21(3)30(26)36-31/h5-19,36H,4H2,1-3H3,(H,37,38). The molecule has 0 atom stereocenters. The van der Waals surface area contributed by atoms with Crippen molar-refractivity contribution in [3.05, 3.63) is 117 Å². The largest absolute Gasteiger partial charge is 0.490 e. The van der Waals surface area contributed by atoms with E-state index < -0.39 is 5.97 Å². The Labute approximate surface area is 246 Å².